The van der Waals surface area contributed by atoms with Crippen LogP contribution in [-0.4, -0.2) is 27.5 Å². The third kappa shape index (κ3) is 1.95. The average Bonchev–Trinajstić information content (AvgIpc) is 2.50. The molecule has 1 saturated heterocycles. The van der Waals surface area contributed by atoms with Gasteiger partial charge in [0.05, 0.1) is 0 Å². The van der Waals surface area contributed by atoms with Crippen LogP contribution in [0.4, 0.5) is 4.79 Å². The number of carbonyl (C=O) groups excluding carboxylic acids is 1. The van der Waals surface area contributed by atoms with E-state index in [-0.39, 0.29) is 0 Å². The number of ether oxygens (including phenoxy) is 1. The second-order valence-electron chi connectivity index (χ2n) is 4.98. The van der Waals surface area contributed by atoms with E-state index in [9.17, 15) is 9.90 Å². The molecular weight excluding hydrogens is 232 g/mol. The minimum Gasteiger partial charge on any atom is -0.437 e. The van der Waals surface area contributed by atoms with Crippen LogP contribution in [0, 0.1) is 0 Å². The van der Waals surface area contributed by atoms with Crippen LogP contribution in [0.2, 0.25) is 0 Å². The van der Waals surface area contributed by atoms with Gasteiger partial charge >= 0.3 is 6.09 Å². The van der Waals surface area contributed by atoms with E-state index in [0.717, 1.165) is 10.6 Å². The van der Waals surface area contributed by atoms with Gasteiger partial charge in [0.2, 0.25) is 0 Å². The maximum absolute atomic E-state index is 11.4. The van der Waals surface area contributed by atoms with E-state index in [0.29, 0.717) is 12.8 Å². The Balaban J connectivity index is 2.11. The summed E-state index contributed by atoms with van der Waals surface area (Å²) < 4.78 is 5.21. The van der Waals surface area contributed by atoms with E-state index in [2.05, 4.69) is 0 Å². The predicted molar refractivity (Wildman–Crippen MR) is 66.3 cm³/mol. The summed E-state index contributed by atoms with van der Waals surface area (Å²) in [6.45, 7) is 3.18. The molecule has 18 heavy (non-hydrogen) atoms. The molecule has 5 nitrogen and oxygen atoms in total. The Labute approximate surface area is 106 Å². The average molecular weight is 250 g/mol. The fraction of sp³-hybridized carbons (Fsp3) is 0.462. The summed E-state index contributed by atoms with van der Waals surface area (Å²) in [6, 6.07) is 9.83. The van der Waals surface area contributed by atoms with Crippen molar-refractivity contribution in [2.45, 2.75) is 38.0 Å². The van der Waals surface area contributed by atoms with Crippen molar-refractivity contribution in [2.24, 2.45) is 5.84 Å². The Morgan fingerprint density at radius 1 is 1.33 bits per heavy atom. The molecule has 0 spiro atoms. The van der Waals surface area contributed by atoms with Crippen molar-refractivity contribution in [3.63, 3.8) is 0 Å². The van der Waals surface area contributed by atoms with E-state index >= 15 is 0 Å². The summed E-state index contributed by atoms with van der Waals surface area (Å²) >= 11 is 0. The summed E-state index contributed by atoms with van der Waals surface area (Å²) in [5.74, 6) is 5.51. The molecule has 0 aliphatic carbocycles. The Hall–Kier alpha value is -1.59. The number of benzene rings is 1. The number of hydrazine groups is 1. The zero-order valence-electron chi connectivity index (χ0n) is 10.6. The highest BCUT2D eigenvalue weighted by Crippen LogP contribution is 2.38. The van der Waals surface area contributed by atoms with Gasteiger partial charge in [-0.05, 0) is 32.3 Å². The predicted octanol–water partition coefficient (Wildman–Crippen LogP) is 1.41. The zero-order valence-corrected chi connectivity index (χ0v) is 10.6. The summed E-state index contributed by atoms with van der Waals surface area (Å²) in [7, 11) is 0. The summed E-state index contributed by atoms with van der Waals surface area (Å²) in [6.07, 6.45) is 0.508. The van der Waals surface area contributed by atoms with E-state index < -0.39 is 17.4 Å². The van der Waals surface area contributed by atoms with Crippen LogP contribution >= 0.6 is 0 Å². The lowest BCUT2D eigenvalue weighted by Crippen LogP contribution is -2.57. The van der Waals surface area contributed by atoms with Gasteiger partial charge < -0.3 is 9.84 Å². The van der Waals surface area contributed by atoms with E-state index in [1.165, 1.54) is 6.92 Å². The molecular formula is C13H18N2O3. The largest absolute Gasteiger partial charge is 0.437 e. The first-order chi connectivity index (χ1) is 8.37. The van der Waals surface area contributed by atoms with Crippen LogP contribution in [0.5, 0.6) is 0 Å². The highest BCUT2D eigenvalue weighted by Gasteiger charge is 2.58. The quantitative estimate of drug-likeness (QED) is 0.628. The number of rotatable bonds is 3. The highest BCUT2D eigenvalue weighted by molar-refractivity contribution is 5.71. The fourth-order valence-corrected chi connectivity index (χ4v) is 2.09. The van der Waals surface area contributed by atoms with Crippen molar-refractivity contribution >= 4 is 6.09 Å². The number of amides is 1. The maximum Gasteiger partial charge on any atom is 0.427 e. The fourth-order valence-electron chi connectivity index (χ4n) is 2.09. The zero-order chi connectivity index (χ0) is 13.4. The lowest BCUT2D eigenvalue weighted by Gasteiger charge is -2.35. The summed E-state index contributed by atoms with van der Waals surface area (Å²) in [4.78, 5) is 11.4. The minimum absolute atomic E-state index is 0.503. The molecule has 5 heteroatoms. The van der Waals surface area contributed by atoms with Gasteiger partial charge in [0.25, 0.3) is 0 Å². The minimum atomic E-state index is -1.50. The molecule has 0 aromatic heterocycles. The molecule has 0 radical (unpaired) electrons. The molecule has 2 rings (SSSR count). The first-order valence-corrected chi connectivity index (χ1v) is 5.91. The van der Waals surface area contributed by atoms with Crippen molar-refractivity contribution in [2.75, 3.05) is 0 Å². The number of hydrogen-bond donors (Lipinski definition) is 2. The monoisotopic (exact) mass is 250 g/mol. The molecule has 2 atom stereocenters. The van der Waals surface area contributed by atoms with Crippen LogP contribution in [0.3, 0.4) is 0 Å². The molecule has 1 heterocycles. The van der Waals surface area contributed by atoms with Crippen LogP contribution < -0.4 is 5.84 Å². The van der Waals surface area contributed by atoms with Gasteiger partial charge in [0, 0.05) is 0 Å². The molecule has 1 aliphatic rings. The molecule has 0 saturated carbocycles. The Morgan fingerprint density at radius 2 is 1.94 bits per heavy atom. The van der Waals surface area contributed by atoms with Gasteiger partial charge in [-0.2, -0.15) is 0 Å². The van der Waals surface area contributed by atoms with Crippen molar-refractivity contribution in [3.8, 4) is 0 Å². The summed E-state index contributed by atoms with van der Waals surface area (Å²) in [5, 5.41) is 11.0. The Morgan fingerprint density at radius 3 is 2.44 bits per heavy atom. The van der Waals surface area contributed by atoms with Gasteiger partial charge in [-0.25, -0.2) is 15.6 Å². The topological polar surface area (TPSA) is 75.8 Å². The molecule has 1 aromatic rings. The lowest BCUT2D eigenvalue weighted by molar-refractivity contribution is -0.139. The van der Waals surface area contributed by atoms with Gasteiger partial charge in [-0.3, -0.25) is 0 Å². The number of hydrogen-bond acceptors (Lipinski definition) is 4. The number of carbonyl (C=O) groups is 1. The van der Waals surface area contributed by atoms with E-state index in [4.69, 9.17) is 10.6 Å². The third-order valence-electron chi connectivity index (χ3n) is 3.71. The van der Waals surface area contributed by atoms with Crippen molar-refractivity contribution < 1.29 is 14.6 Å². The molecule has 98 valence electrons. The van der Waals surface area contributed by atoms with Gasteiger partial charge in [0.1, 0.15) is 0 Å². The second-order valence-corrected chi connectivity index (χ2v) is 4.98. The van der Waals surface area contributed by atoms with Crippen LogP contribution in [-0.2, 0) is 11.2 Å². The van der Waals surface area contributed by atoms with Crippen LogP contribution in [0.25, 0.3) is 0 Å². The van der Waals surface area contributed by atoms with Crippen molar-refractivity contribution in [3.05, 3.63) is 35.9 Å². The normalized spacial score (nSPS) is 31.6. The maximum atomic E-state index is 11.4. The molecule has 3 N–H and O–H groups in total. The van der Waals surface area contributed by atoms with Gasteiger partial charge in [-0.1, -0.05) is 30.3 Å². The lowest BCUT2D eigenvalue weighted by atomic mass is 9.88. The Bertz CT molecular complexity index is 447. The highest BCUT2D eigenvalue weighted by atomic mass is 16.6. The van der Waals surface area contributed by atoms with Crippen molar-refractivity contribution in [1.82, 2.24) is 5.01 Å². The number of aryl methyl sites for hydroxylation is 1. The molecule has 1 amide bonds. The molecule has 1 aromatic carbocycles. The Kier molecular flexibility index (Phi) is 3.04. The molecule has 1 fully saturated rings. The molecule has 1 aliphatic heterocycles. The molecule has 0 bridgehead atoms. The van der Waals surface area contributed by atoms with Gasteiger partial charge in [0.15, 0.2) is 11.3 Å². The van der Waals surface area contributed by atoms with Crippen molar-refractivity contribution in [1.29, 1.82) is 0 Å². The standard InChI is InChI=1S/C13H18N2O3/c1-12(9-8-10-6-4-3-5-7-10)13(2,17)15(14)11(16)18-12/h3-7,17H,8-9,14H2,1-2H3. The van der Waals surface area contributed by atoms with E-state index in [1.807, 2.05) is 30.3 Å². The third-order valence-corrected chi connectivity index (χ3v) is 3.71. The number of aliphatic hydroxyl groups is 1. The first kappa shape index (κ1) is 12.9. The number of nitrogens with two attached hydrogens (primary N) is 1. The first-order valence-electron chi connectivity index (χ1n) is 5.91. The summed E-state index contributed by atoms with van der Waals surface area (Å²) in [5.41, 5.74) is -1.38. The smallest absolute Gasteiger partial charge is 0.427 e. The second kappa shape index (κ2) is 4.26. The van der Waals surface area contributed by atoms with E-state index in [1.54, 1.807) is 6.92 Å². The van der Waals surface area contributed by atoms with Crippen LogP contribution in [0.15, 0.2) is 30.3 Å². The van der Waals surface area contributed by atoms with Gasteiger partial charge in [-0.15, -0.1) is 0 Å². The van der Waals surface area contributed by atoms with Crippen LogP contribution in [0.1, 0.15) is 25.8 Å². The number of nitrogens with zero attached hydrogens (tertiary/aromatic N) is 1. The SMILES string of the molecule is CC1(CCc2ccccc2)OC(=O)N(N)C1(C)O. The number of cyclic esters (lactones) is 1. The molecule has 2 unspecified atom stereocenters.